The Balaban J connectivity index is 2.49. The lowest BCUT2D eigenvalue weighted by Gasteiger charge is -2.15. The van der Waals surface area contributed by atoms with Crippen LogP contribution in [0.1, 0.15) is 22.8 Å². The molecule has 0 bridgehead atoms. The Morgan fingerprint density at radius 1 is 1.05 bits per heavy atom. The van der Waals surface area contributed by atoms with Gasteiger partial charge in [-0.2, -0.15) is 13.2 Å². The average molecular weight is 367 g/mol. The van der Waals surface area contributed by atoms with Gasteiger partial charge >= 0.3 is 6.18 Å². The van der Waals surface area contributed by atoms with Crippen molar-refractivity contribution in [3.05, 3.63) is 69.2 Å². The van der Waals surface area contributed by atoms with Crippen LogP contribution in [0, 0.1) is 11.6 Å². The van der Waals surface area contributed by atoms with Gasteiger partial charge < -0.3 is 5.11 Å². The van der Waals surface area contributed by atoms with Gasteiger partial charge in [0, 0.05) is 5.56 Å². The van der Waals surface area contributed by atoms with Crippen molar-refractivity contribution in [2.45, 2.75) is 12.3 Å². The van der Waals surface area contributed by atoms with E-state index in [1.165, 1.54) is 18.2 Å². The Morgan fingerprint density at radius 3 is 2.33 bits per heavy atom. The number of rotatable bonds is 2. The highest BCUT2D eigenvalue weighted by atomic mass is 79.9. The summed E-state index contributed by atoms with van der Waals surface area (Å²) in [4.78, 5) is 0. The van der Waals surface area contributed by atoms with Crippen LogP contribution in [-0.2, 0) is 6.18 Å². The molecule has 2 aromatic carbocycles. The molecule has 0 spiro atoms. The Hall–Kier alpha value is -1.47. The molecular weight excluding hydrogens is 359 g/mol. The van der Waals surface area contributed by atoms with Gasteiger partial charge in [-0.15, -0.1) is 0 Å². The van der Waals surface area contributed by atoms with Crippen molar-refractivity contribution in [3.8, 4) is 0 Å². The van der Waals surface area contributed by atoms with Crippen molar-refractivity contribution in [2.24, 2.45) is 0 Å². The zero-order chi connectivity index (χ0) is 15.8. The topological polar surface area (TPSA) is 20.2 Å². The molecule has 1 unspecified atom stereocenters. The molecule has 0 aliphatic carbocycles. The van der Waals surface area contributed by atoms with Crippen LogP contribution in [0.2, 0.25) is 0 Å². The summed E-state index contributed by atoms with van der Waals surface area (Å²) in [6.45, 7) is 0. The number of benzene rings is 2. The van der Waals surface area contributed by atoms with Gasteiger partial charge in [0.05, 0.1) is 10.0 Å². The monoisotopic (exact) mass is 366 g/mol. The molecule has 0 amide bonds. The van der Waals surface area contributed by atoms with E-state index in [1.807, 2.05) is 0 Å². The molecule has 21 heavy (non-hydrogen) atoms. The molecule has 0 saturated heterocycles. The first kappa shape index (κ1) is 15.9. The molecule has 0 saturated carbocycles. The lowest BCUT2D eigenvalue weighted by atomic mass is 9.99. The summed E-state index contributed by atoms with van der Waals surface area (Å²) < 4.78 is 65.0. The summed E-state index contributed by atoms with van der Waals surface area (Å²) in [5.74, 6) is -2.24. The van der Waals surface area contributed by atoms with Gasteiger partial charge in [-0.05, 0) is 39.7 Å². The maximum absolute atomic E-state index is 13.8. The molecule has 1 atom stereocenters. The van der Waals surface area contributed by atoms with Gasteiger partial charge in [0.1, 0.15) is 17.7 Å². The number of alkyl halides is 3. The Labute approximate surface area is 125 Å². The molecule has 0 heterocycles. The Kier molecular flexibility index (Phi) is 4.34. The third kappa shape index (κ3) is 3.24. The third-order valence-corrected chi connectivity index (χ3v) is 3.50. The Bertz CT molecular complexity index is 669. The molecule has 7 heteroatoms. The fraction of sp³-hybridized carbons (Fsp3) is 0.143. The molecule has 1 N–H and O–H groups in total. The SMILES string of the molecule is OC(c1ccc(F)c(C(F)(F)F)c1)c1cccc(Br)c1F. The first-order valence-corrected chi connectivity index (χ1v) is 6.49. The molecule has 112 valence electrons. The number of hydrogen-bond donors (Lipinski definition) is 1. The van der Waals surface area contributed by atoms with Crippen molar-refractivity contribution in [1.82, 2.24) is 0 Å². The summed E-state index contributed by atoms with van der Waals surface area (Å²) in [5, 5.41) is 10.0. The predicted octanol–water partition coefficient (Wildman–Crippen LogP) is 4.83. The van der Waals surface area contributed by atoms with Crippen molar-refractivity contribution in [3.63, 3.8) is 0 Å². The minimum Gasteiger partial charge on any atom is -0.384 e. The second-order valence-corrected chi connectivity index (χ2v) is 5.14. The summed E-state index contributed by atoms with van der Waals surface area (Å²) in [6.07, 6.45) is -6.53. The van der Waals surface area contributed by atoms with Crippen molar-refractivity contribution < 1.29 is 27.1 Å². The second-order valence-electron chi connectivity index (χ2n) is 4.28. The van der Waals surface area contributed by atoms with E-state index in [9.17, 15) is 27.1 Å². The van der Waals surface area contributed by atoms with E-state index in [-0.39, 0.29) is 15.6 Å². The average Bonchev–Trinajstić information content (AvgIpc) is 2.40. The van der Waals surface area contributed by atoms with E-state index in [2.05, 4.69) is 15.9 Å². The van der Waals surface area contributed by atoms with Gasteiger partial charge in [0.2, 0.25) is 0 Å². The third-order valence-electron chi connectivity index (χ3n) is 2.89. The summed E-state index contributed by atoms with van der Waals surface area (Å²) in [6, 6.07) is 6.10. The maximum atomic E-state index is 13.8. The quantitative estimate of drug-likeness (QED) is 0.755. The highest BCUT2D eigenvalue weighted by molar-refractivity contribution is 9.10. The predicted molar refractivity (Wildman–Crippen MR) is 69.6 cm³/mol. The van der Waals surface area contributed by atoms with Crippen LogP contribution in [0.5, 0.6) is 0 Å². The molecule has 0 radical (unpaired) electrons. The highest BCUT2D eigenvalue weighted by Gasteiger charge is 2.34. The van der Waals surface area contributed by atoms with Crippen molar-refractivity contribution >= 4 is 15.9 Å². The summed E-state index contributed by atoms with van der Waals surface area (Å²) in [5.41, 5.74) is -1.96. The number of halogens is 6. The van der Waals surface area contributed by atoms with Gasteiger partial charge in [0.15, 0.2) is 0 Å². The number of hydrogen-bond acceptors (Lipinski definition) is 1. The van der Waals surface area contributed by atoms with E-state index < -0.39 is 29.5 Å². The molecule has 0 aliphatic rings. The van der Waals surface area contributed by atoms with Crippen LogP contribution in [-0.4, -0.2) is 5.11 Å². The lowest BCUT2D eigenvalue weighted by molar-refractivity contribution is -0.140. The fourth-order valence-electron chi connectivity index (χ4n) is 1.84. The van der Waals surface area contributed by atoms with E-state index in [0.29, 0.717) is 12.1 Å². The van der Waals surface area contributed by atoms with Gasteiger partial charge in [-0.25, -0.2) is 8.78 Å². The second kappa shape index (κ2) is 5.73. The van der Waals surface area contributed by atoms with Crippen LogP contribution in [0.4, 0.5) is 22.0 Å². The summed E-state index contributed by atoms with van der Waals surface area (Å²) >= 11 is 2.92. The number of aliphatic hydroxyl groups excluding tert-OH is 1. The molecule has 2 rings (SSSR count). The van der Waals surface area contributed by atoms with Crippen LogP contribution < -0.4 is 0 Å². The molecule has 0 fully saturated rings. The van der Waals surface area contributed by atoms with Crippen LogP contribution in [0.15, 0.2) is 40.9 Å². The van der Waals surface area contributed by atoms with E-state index >= 15 is 0 Å². The maximum Gasteiger partial charge on any atom is 0.419 e. The van der Waals surface area contributed by atoms with Crippen molar-refractivity contribution in [2.75, 3.05) is 0 Å². The molecule has 2 aromatic rings. The van der Waals surface area contributed by atoms with Gasteiger partial charge in [-0.3, -0.25) is 0 Å². The standard InChI is InChI=1S/C14H8BrF5O/c15-10-3-1-2-8(12(10)17)13(21)7-4-5-11(16)9(6-7)14(18,19)20/h1-6,13,21H. The zero-order valence-corrected chi connectivity index (χ0v) is 11.8. The van der Waals surface area contributed by atoms with E-state index in [1.54, 1.807) is 0 Å². The van der Waals surface area contributed by atoms with Crippen LogP contribution >= 0.6 is 15.9 Å². The first-order chi connectivity index (χ1) is 9.71. The zero-order valence-electron chi connectivity index (χ0n) is 10.3. The summed E-state index contributed by atoms with van der Waals surface area (Å²) in [7, 11) is 0. The van der Waals surface area contributed by atoms with Crippen molar-refractivity contribution in [1.29, 1.82) is 0 Å². The minimum atomic E-state index is -4.89. The smallest absolute Gasteiger partial charge is 0.384 e. The normalized spacial score (nSPS) is 13.3. The van der Waals surface area contributed by atoms with Gasteiger partial charge in [-0.1, -0.05) is 18.2 Å². The fourth-order valence-corrected chi connectivity index (χ4v) is 2.22. The Morgan fingerprint density at radius 2 is 1.71 bits per heavy atom. The molecule has 0 aromatic heterocycles. The molecule has 1 nitrogen and oxygen atoms in total. The minimum absolute atomic E-state index is 0.0669. The van der Waals surface area contributed by atoms with E-state index in [4.69, 9.17) is 0 Å². The number of aliphatic hydroxyl groups is 1. The lowest BCUT2D eigenvalue weighted by Crippen LogP contribution is -2.11. The van der Waals surface area contributed by atoms with Gasteiger partial charge in [0.25, 0.3) is 0 Å². The molecular formula is C14H8BrF5O. The van der Waals surface area contributed by atoms with Crippen LogP contribution in [0.25, 0.3) is 0 Å². The largest absolute Gasteiger partial charge is 0.419 e. The van der Waals surface area contributed by atoms with E-state index in [0.717, 1.165) is 6.07 Å². The molecule has 0 aliphatic heterocycles. The first-order valence-electron chi connectivity index (χ1n) is 5.70. The van der Waals surface area contributed by atoms with Crippen LogP contribution in [0.3, 0.4) is 0 Å². The highest BCUT2D eigenvalue weighted by Crippen LogP contribution is 2.35.